The SMILES string of the molecule is CC(=O)Nc1ccc2c(c1)C(C)(C)CN2C(Cl)Cl. The molecule has 1 heterocycles. The Balaban J connectivity index is 2.42. The van der Waals surface area contributed by atoms with E-state index in [4.69, 9.17) is 23.2 Å². The Morgan fingerprint density at radius 3 is 2.67 bits per heavy atom. The van der Waals surface area contributed by atoms with E-state index in [9.17, 15) is 4.79 Å². The number of carbonyl (C=O) groups excluding carboxylic acids is 1. The molecule has 98 valence electrons. The van der Waals surface area contributed by atoms with Gasteiger partial charge in [-0.3, -0.25) is 4.79 Å². The summed E-state index contributed by atoms with van der Waals surface area (Å²) in [6.07, 6.45) is 0. The molecule has 3 nitrogen and oxygen atoms in total. The molecule has 2 rings (SSSR count). The number of fused-ring (bicyclic) bond motifs is 1. The topological polar surface area (TPSA) is 32.3 Å². The molecular weight excluding hydrogens is 271 g/mol. The number of nitrogens with one attached hydrogen (secondary N) is 1. The maximum Gasteiger partial charge on any atom is 0.221 e. The lowest BCUT2D eigenvalue weighted by atomic mass is 9.87. The van der Waals surface area contributed by atoms with Crippen LogP contribution in [0.4, 0.5) is 11.4 Å². The first-order chi connectivity index (χ1) is 8.31. The molecule has 18 heavy (non-hydrogen) atoms. The molecule has 0 aromatic heterocycles. The summed E-state index contributed by atoms with van der Waals surface area (Å²) >= 11 is 12.0. The summed E-state index contributed by atoms with van der Waals surface area (Å²) in [7, 11) is 0. The van der Waals surface area contributed by atoms with Crippen molar-refractivity contribution in [2.24, 2.45) is 0 Å². The van der Waals surface area contributed by atoms with Crippen LogP contribution in [0, 0.1) is 0 Å². The minimum atomic E-state index is -0.558. The van der Waals surface area contributed by atoms with E-state index in [1.165, 1.54) is 6.92 Å². The second-order valence-electron chi connectivity index (χ2n) is 5.20. The first kappa shape index (κ1) is 13.5. The van der Waals surface area contributed by atoms with Crippen LogP contribution in [0.1, 0.15) is 26.3 Å². The van der Waals surface area contributed by atoms with Crippen molar-refractivity contribution in [1.29, 1.82) is 0 Å². The lowest BCUT2D eigenvalue weighted by Gasteiger charge is -2.23. The van der Waals surface area contributed by atoms with Gasteiger partial charge in [0.1, 0.15) is 0 Å². The summed E-state index contributed by atoms with van der Waals surface area (Å²) in [5, 5.41) is 2.79. The summed E-state index contributed by atoms with van der Waals surface area (Å²) in [6.45, 7) is 6.54. The van der Waals surface area contributed by atoms with Gasteiger partial charge < -0.3 is 10.2 Å². The Bertz CT molecular complexity index is 486. The Kier molecular flexibility index (Phi) is 3.47. The highest BCUT2D eigenvalue weighted by Gasteiger charge is 2.37. The minimum absolute atomic E-state index is 0.0359. The van der Waals surface area contributed by atoms with Crippen LogP contribution in [0.15, 0.2) is 18.2 Å². The van der Waals surface area contributed by atoms with Crippen molar-refractivity contribution in [3.05, 3.63) is 23.8 Å². The molecule has 0 saturated heterocycles. The molecule has 1 aromatic carbocycles. The molecule has 0 aliphatic carbocycles. The van der Waals surface area contributed by atoms with Crippen molar-refractivity contribution in [3.63, 3.8) is 0 Å². The van der Waals surface area contributed by atoms with E-state index in [1.54, 1.807) is 0 Å². The number of hydrogen-bond donors (Lipinski definition) is 1. The van der Waals surface area contributed by atoms with Crippen molar-refractivity contribution in [1.82, 2.24) is 0 Å². The zero-order chi connectivity index (χ0) is 13.5. The molecule has 0 saturated carbocycles. The van der Waals surface area contributed by atoms with E-state index in [-0.39, 0.29) is 11.3 Å². The largest absolute Gasteiger partial charge is 0.342 e. The highest BCUT2D eigenvalue weighted by Crippen LogP contribution is 2.43. The van der Waals surface area contributed by atoms with Crippen LogP contribution >= 0.6 is 23.2 Å². The van der Waals surface area contributed by atoms with Gasteiger partial charge in [-0.1, -0.05) is 37.0 Å². The van der Waals surface area contributed by atoms with E-state index in [0.717, 1.165) is 23.5 Å². The second kappa shape index (κ2) is 4.63. The molecule has 0 radical (unpaired) electrons. The molecule has 0 bridgehead atoms. The number of halogens is 2. The Morgan fingerprint density at radius 1 is 1.44 bits per heavy atom. The number of nitrogens with zero attached hydrogens (tertiary/aromatic N) is 1. The molecule has 1 N–H and O–H groups in total. The molecule has 0 fully saturated rings. The molecule has 1 aliphatic rings. The Labute approximate surface area is 117 Å². The van der Waals surface area contributed by atoms with Crippen LogP contribution < -0.4 is 10.2 Å². The van der Waals surface area contributed by atoms with Crippen LogP contribution in [-0.2, 0) is 10.2 Å². The smallest absolute Gasteiger partial charge is 0.221 e. The zero-order valence-corrected chi connectivity index (χ0v) is 12.1. The van der Waals surface area contributed by atoms with Gasteiger partial charge in [-0.25, -0.2) is 0 Å². The van der Waals surface area contributed by atoms with E-state index in [1.807, 2.05) is 23.1 Å². The summed E-state index contributed by atoms with van der Waals surface area (Å²) in [4.78, 5) is 12.5. The standard InChI is InChI=1S/C13H16Cl2N2O/c1-8(18)16-9-4-5-11-10(6-9)13(2,3)7-17(11)12(14)15/h4-6,12H,7H2,1-3H3,(H,16,18). The lowest BCUT2D eigenvalue weighted by Crippen LogP contribution is -2.31. The molecule has 5 heteroatoms. The third kappa shape index (κ3) is 2.43. The number of alkyl halides is 2. The number of rotatable bonds is 2. The number of anilines is 2. The maximum atomic E-state index is 11.1. The number of hydrogen-bond acceptors (Lipinski definition) is 2. The average molecular weight is 287 g/mol. The van der Waals surface area contributed by atoms with Gasteiger partial charge in [0.05, 0.1) is 0 Å². The van der Waals surface area contributed by atoms with Gasteiger partial charge in [0, 0.05) is 30.3 Å². The molecule has 1 aromatic rings. The molecular formula is C13H16Cl2N2O. The summed E-state index contributed by atoms with van der Waals surface area (Å²) in [5.41, 5.74) is 2.95. The number of amides is 1. The Morgan fingerprint density at radius 2 is 2.11 bits per heavy atom. The van der Waals surface area contributed by atoms with Crippen molar-refractivity contribution < 1.29 is 4.79 Å². The van der Waals surface area contributed by atoms with Crippen molar-refractivity contribution in [2.75, 3.05) is 16.8 Å². The van der Waals surface area contributed by atoms with E-state index < -0.39 is 4.96 Å². The van der Waals surface area contributed by atoms with Crippen LogP contribution in [0.25, 0.3) is 0 Å². The quantitative estimate of drug-likeness (QED) is 0.667. The van der Waals surface area contributed by atoms with Crippen LogP contribution in [-0.4, -0.2) is 17.4 Å². The van der Waals surface area contributed by atoms with Gasteiger partial charge in [0.2, 0.25) is 5.91 Å². The summed E-state index contributed by atoms with van der Waals surface area (Å²) < 4.78 is 0. The van der Waals surface area contributed by atoms with Crippen LogP contribution in [0.5, 0.6) is 0 Å². The fraction of sp³-hybridized carbons (Fsp3) is 0.462. The molecule has 1 amide bonds. The Hall–Kier alpha value is -0.930. The molecule has 0 atom stereocenters. The van der Waals surface area contributed by atoms with Crippen molar-refractivity contribution in [3.8, 4) is 0 Å². The van der Waals surface area contributed by atoms with Crippen molar-refractivity contribution in [2.45, 2.75) is 31.1 Å². The molecule has 0 spiro atoms. The zero-order valence-electron chi connectivity index (χ0n) is 10.6. The highest BCUT2D eigenvalue weighted by molar-refractivity contribution is 6.45. The van der Waals surface area contributed by atoms with Gasteiger partial charge in [0.15, 0.2) is 4.96 Å². The fourth-order valence-corrected chi connectivity index (χ4v) is 2.73. The third-order valence-corrected chi connectivity index (χ3v) is 3.63. The normalized spacial score (nSPS) is 16.9. The monoisotopic (exact) mass is 286 g/mol. The first-order valence-electron chi connectivity index (χ1n) is 5.78. The van der Waals surface area contributed by atoms with Crippen molar-refractivity contribution >= 4 is 40.5 Å². The minimum Gasteiger partial charge on any atom is -0.342 e. The lowest BCUT2D eigenvalue weighted by molar-refractivity contribution is -0.114. The predicted molar refractivity (Wildman–Crippen MR) is 76.6 cm³/mol. The molecule has 1 aliphatic heterocycles. The number of carbonyl (C=O) groups is 1. The van der Waals surface area contributed by atoms with Crippen LogP contribution in [0.2, 0.25) is 0 Å². The molecule has 0 unspecified atom stereocenters. The van der Waals surface area contributed by atoms with Gasteiger partial charge in [-0.2, -0.15) is 0 Å². The fourth-order valence-electron chi connectivity index (χ4n) is 2.38. The van der Waals surface area contributed by atoms with E-state index >= 15 is 0 Å². The summed E-state index contributed by atoms with van der Waals surface area (Å²) in [6, 6.07) is 5.81. The third-order valence-electron chi connectivity index (χ3n) is 3.16. The van der Waals surface area contributed by atoms with Gasteiger partial charge >= 0.3 is 0 Å². The van der Waals surface area contributed by atoms with E-state index in [2.05, 4.69) is 19.2 Å². The predicted octanol–water partition coefficient (Wildman–Crippen LogP) is 3.50. The van der Waals surface area contributed by atoms with Gasteiger partial charge in [-0.05, 0) is 23.8 Å². The first-order valence-corrected chi connectivity index (χ1v) is 6.65. The number of benzene rings is 1. The average Bonchev–Trinajstić information content (AvgIpc) is 2.50. The van der Waals surface area contributed by atoms with E-state index in [0.29, 0.717) is 0 Å². The van der Waals surface area contributed by atoms with Gasteiger partial charge in [0.25, 0.3) is 0 Å². The maximum absolute atomic E-state index is 11.1. The second-order valence-corrected chi connectivity index (χ2v) is 6.25. The highest BCUT2D eigenvalue weighted by atomic mass is 35.5. The van der Waals surface area contributed by atoms with Crippen LogP contribution in [0.3, 0.4) is 0 Å². The van der Waals surface area contributed by atoms with Gasteiger partial charge in [-0.15, -0.1) is 0 Å². The summed E-state index contributed by atoms with van der Waals surface area (Å²) in [5.74, 6) is -0.0739.